The van der Waals surface area contributed by atoms with Gasteiger partial charge in [-0.1, -0.05) is 41.6 Å². The second-order valence-corrected chi connectivity index (χ2v) is 7.35. The largest absolute Gasteiger partial charge is 0.461 e. The highest BCUT2D eigenvalue weighted by Crippen LogP contribution is 2.31. The molecule has 1 aromatic carbocycles. The number of aromatic nitrogens is 4. The van der Waals surface area contributed by atoms with Crippen LogP contribution in [0.2, 0.25) is 5.02 Å². The van der Waals surface area contributed by atoms with Crippen molar-refractivity contribution in [1.29, 1.82) is 0 Å². The zero-order valence-corrected chi connectivity index (χ0v) is 16.7. The third kappa shape index (κ3) is 4.49. The van der Waals surface area contributed by atoms with Gasteiger partial charge in [0.1, 0.15) is 0 Å². The number of hydrogen-bond donors (Lipinski definition) is 1. The lowest BCUT2D eigenvalue weighted by Crippen LogP contribution is -2.24. The van der Waals surface area contributed by atoms with Crippen LogP contribution in [0.1, 0.15) is 5.56 Å². The van der Waals surface area contributed by atoms with Gasteiger partial charge < -0.3 is 9.73 Å². The van der Waals surface area contributed by atoms with Crippen molar-refractivity contribution < 1.29 is 9.21 Å². The average Bonchev–Trinajstić information content (AvgIpc) is 3.41. The van der Waals surface area contributed by atoms with Crippen molar-refractivity contribution in [2.75, 3.05) is 5.75 Å². The SMILES string of the molecule is O=C(CSc1nnc(-c2ccco2)n1-c1ccccc1Cl)NCc1cccnc1. The molecule has 0 saturated carbocycles. The van der Waals surface area contributed by atoms with Crippen LogP contribution in [0.25, 0.3) is 17.3 Å². The van der Waals surface area contributed by atoms with E-state index >= 15 is 0 Å². The molecule has 0 unspecified atom stereocenters. The number of nitrogens with zero attached hydrogens (tertiary/aromatic N) is 4. The van der Waals surface area contributed by atoms with E-state index in [4.69, 9.17) is 16.0 Å². The minimum Gasteiger partial charge on any atom is -0.461 e. The van der Waals surface area contributed by atoms with Gasteiger partial charge in [-0.05, 0) is 35.9 Å². The van der Waals surface area contributed by atoms with Gasteiger partial charge in [-0.15, -0.1) is 10.2 Å². The summed E-state index contributed by atoms with van der Waals surface area (Å²) < 4.78 is 7.28. The zero-order valence-electron chi connectivity index (χ0n) is 15.2. The summed E-state index contributed by atoms with van der Waals surface area (Å²) in [5.41, 5.74) is 1.65. The second-order valence-electron chi connectivity index (χ2n) is 6.00. The number of amides is 1. The first-order valence-electron chi connectivity index (χ1n) is 8.75. The number of thioether (sulfide) groups is 1. The van der Waals surface area contributed by atoms with Crippen molar-refractivity contribution in [3.05, 3.63) is 77.8 Å². The average molecular weight is 426 g/mol. The Balaban J connectivity index is 1.53. The minimum atomic E-state index is -0.118. The Labute approximate surface area is 176 Å². The summed E-state index contributed by atoms with van der Waals surface area (Å²) in [5, 5.41) is 12.5. The Bertz CT molecular complexity index is 1100. The van der Waals surface area contributed by atoms with E-state index in [2.05, 4.69) is 20.5 Å². The lowest BCUT2D eigenvalue weighted by Gasteiger charge is -2.11. The molecule has 0 aliphatic heterocycles. The molecule has 146 valence electrons. The van der Waals surface area contributed by atoms with Crippen molar-refractivity contribution >= 4 is 29.3 Å². The van der Waals surface area contributed by atoms with Gasteiger partial charge in [0.25, 0.3) is 0 Å². The number of para-hydroxylation sites is 1. The number of benzene rings is 1. The molecule has 9 heteroatoms. The maximum Gasteiger partial charge on any atom is 0.230 e. The first-order chi connectivity index (χ1) is 14.2. The summed E-state index contributed by atoms with van der Waals surface area (Å²) in [6, 6.07) is 14.7. The minimum absolute atomic E-state index is 0.118. The summed E-state index contributed by atoms with van der Waals surface area (Å²) in [7, 11) is 0. The topological polar surface area (TPSA) is 85.8 Å². The summed E-state index contributed by atoms with van der Waals surface area (Å²) in [6.45, 7) is 0.419. The van der Waals surface area contributed by atoms with Crippen LogP contribution in [0.3, 0.4) is 0 Å². The quantitative estimate of drug-likeness (QED) is 0.451. The standard InChI is InChI=1S/C20H16ClN5O2S/c21-15-6-1-2-7-16(15)26-19(17-8-4-10-28-17)24-25-20(26)29-13-18(27)23-12-14-5-3-9-22-11-14/h1-11H,12-13H2,(H,23,27). The fourth-order valence-electron chi connectivity index (χ4n) is 2.66. The molecule has 1 amide bonds. The van der Waals surface area contributed by atoms with Crippen LogP contribution in [-0.2, 0) is 11.3 Å². The van der Waals surface area contributed by atoms with E-state index in [-0.39, 0.29) is 11.7 Å². The van der Waals surface area contributed by atoms with Gasteiger partial charge in [0.05, 0.1) is 22.7 Å². The van der Waals surface area contributed by atoms with Crippen LogP contribution < -0.4 is 5.32 Å². The van der Waals surface area contributed by atoms with Crippen molar-refractivity contribution in [1.82, 2.24) is 25.1 Å². The Morgan fingerprint density at radius 3 is 2.79 bits per heavy atom. The molecule has 3 aromatic heterocycles. The molecule has 0 spiro atoms. The third-order valence-corrected chi connectivity index (χ3v) is 5.26. The molecule has 0 aliphatic carbocycles. The van der Waals surface area contributed by atoms with Crippen LogP contribution in [0.15, 0.2) is 76.8 Å². The molecule has 0 atom stereocenters. The number of carbonyl (C=O) groups is 1. The van der Waals surface area contributed by atoms with Gasteiger partial charge in [0, 0.05) is 18.9 Å². The molecular weight excluding hydrogens is 410 g/mol. The van der Waals surface area contributed by atoms with Gasteiger partial charge >= 0.3 is 0 Å². The molecule has 4 rings (SSSR count). The maximum absolute atomic E-state index is 12.3. The van der Waals surface area contributed by atoms with Crippen molar-refractivity contribution in [3.8, 4) is 17.3 Å². The molecule has 4 aromatic rings. The van der Waals surface area contributed by atoms with E-state index in [0.717, 1.165) is 5.56 Å². The molecule has 1 N–H and O–H groups in total. The third-order valence-electron chi connectivity index (χ3n) is 4.01. The van der Waals surface area contributed by atoms with Crippen LogP contribution in [-0.4, -0.2) is 31.4 Å². The normalized spacial score (nSPS) is 10.8. The molecule has 0 aliphatic rings. The van der Waals surface area contributed by atoms with E-state index in [1.54, 1.807) is 41.4 Å². The first kappa shape index (κ1) is 19.2. The van der Waals surface area contributed by atoms with E-state index in [9.17, 15) is 4.79 Å². The van der Waals surface area contributed by atoms with Crippen molar-refractivity contribution in [3.63, 3.8) is 0 Å². The lowest BCUT2D eigenvalue weighted by atomic mass is 10.3. The smallest absolute Gasteiger partial charge is 0.230 e. The summed E-state index contributed by atoms with van der Waals surface area (Å²) in [4.78, 5) is 16.3. The lowest BCUT2D eigenvalue weighted by molar-refractivity contribution is -0.118. The monoisotopic (exact) mass is 425 g/mol. The summed E-state index contributed by atoms with van der Waals surface area (Å²) >= 11 is 7.67. The predicted molar refractivity (Wildman–Crippen MR) is 111 cm³/mol. The Morgan fingerprint density at radius 2 is 2.03 bits per heavy atom. The predicted octanol–water partition coefficient (Wildman–Crippen LogP) is 3.98. The van der Waals surface area contributed by atoms with E-state index in [1.807, 2.05) is 30.3 Å². The number of furan rings is 1. The second kappa shape index (κ2) is 8.93. The van der Waals surface area contributed by atoms with E-state index in [0.29, 0.717) is 34.0 Å². The molecule has 0 radical (unpaired) electrons. The molecular formula is C20H16ClN5O2S. The van der Waals surface area contributed by atoms with Gasteiger partial charge in [-0.25, -0.2) is 0 Å². The van der Waals surface area contributed by atoms with Gasteiger partial charge in [-0.3, -0.25) is 14.3 Å². The highest BCUT2D eigenvalue weighted by atomic mass is 35.5. The maximum atomic E-state index is 12.3. The molecule has 29 heavy (non-hydrogen) atoms. The number of halogens is 1. The number of rotatable bonds is 7. The van der Waals surface area contributed by atoms with Crippen LogP contribution >= 0.6 is 23.4 Å². The molecule has 0 saturated heterocycles. The van der Waals surface area contributed by atoms with E-state index in [1.165, 1.54) is 11.8 Å². The molecule has 0 bridgehead atoms. The molecule has 7 nitrogen and oxygen atoms in total. The Kier molecular flexibility index (Phi) is 5.92. The highest BCUT2D eigenvalue weighted by Gasteiger charge is 2.20. The van der Waals surface area contributed by atoms with Crippen molar-refractivity contribution in [2.24, 2.45) is 0 Å². The van der Waals surface area contributed by atoms with Gasteiger partial charge in [-0.2, -0.15) is 0 Å². The molecule has 0 fully saturated rings. The number of carbonyl (C=O) groups excluding carboxylic acids is 1. The summed E-state index contributed by atoms with van der Waals surface area (Å²) in [5.74, 6) is 1.14. The van der Waals surface area contributed by atoms with Gasteiger partial charge in [0.2, 0.25) is 11.7 Å². The summed E-state index contributed by atoms with van der Waals surface area (Å²) in [6.07, 6.45) is 4.98. The van der Waals surface area contributed by atoms with Gasteiger partial charge in [0.15, 0.2) is 10.9 Å². The Morgan fingerprint density at radius 1 is 1.14 bits per heavy atom. The highest BCUT2D eigenvalue weighted by molar-refractivity contribution is 7.99. The van der Waals surface area contributed by atoms with E-state index < -0.39 is 0 Å². The number of nitrogens with one attached hydrogen (secondary N) is 1. The zero-order chi connectivity index (χ0) is 20.1. The Hall–Kier alpha value is -3.10. The van der Waals surface area contributed by atoms with Crippen LogP contribution in [0, 0.1) is 0 Å². The van der Waals surface area contributed by atoms with Crippen LogP contribution in [0.4, 0.5) is 0 Å². The first-order valence-corrected chi connectivity index (χ1v) is 10.1. The van der Waals surface area contributed by atoms with Crippen molar-refractivity contribution in [2.45, 2.75) is 11.7 Å². The fourth-order valence-corrected chi connectivity index (χ4v) is 3.66. The van der Waals surface area contributed by atoms with Crippen LogP contribution in [0.5, 0.6) is 0 Å². The fraction of sp³-hybridized carbons (Fsp3) is 0.100. The molecule has 3 heterocycles. The number of pyridine rings is 1. The number of hydrogen-bond acceptors (Lipinski definition) is 6.